The van der Waals surface area contributed by atoms with Gasteiger partial charge in [0.05, 0.1) is 10.7 Å². The van der Waals surface area contributed by atoms with Crippen molar-refractivity contribution < 1.29 is 9.53 Å². The number of carbonyl (C=O) groups excluding carboxylic acids is 1. The fourth-order valence-corrected chi connectivity index (χ4v) is 2.81. The van der Waals surface area contributed by atoms with Gasteiger partial charge in [0, 0.05) is 5.56 Å². The van der Waals surface area contributed by atoms with Crippen LogP contribution >= 0.6 is 15.9 Å². The second kappa shape index (κ2) is 8.11. The number of nitrogens with one attached hydrogen (secondary N) is 1. The zero-order chi connectivity index (χ0) is 17.7. The van der Waals surface area contributed by atoms with Crippen LogP contribution < -0.4 is 10.2 Å². The molecule has 0 aromatic heterocycles. The first-order chi connectivity index (χ1) is 11.4. The number of halogens is 1. The Morgan fingerprint density at radius 1 is 1.21 bits per heavy atom. The van der Waals surface area contributed by atoms with Crippen LogP contribution in [0.1, 0.15) is 29.2 Å². The summed E-state index contributed by atoms with van der Waals surface area (Å²) in [5.74, 6) is 0.318. The van der Waals surface area contributed by atoms with Crippen molar-refractivity contribution in [2.24, 2.45) is 5.10 Å². The van der Waals surface area contributed by atoms with E-state index in [1.54, 1.807) is 19.2 Å². The Labute approximate surface area is 151 Å². The smallest absolute Gasteiger partial charge is 0.280 e. The third-order valence-corrected chi connectivity index (χ3v) is 4.27. The van der Waals surface area contributed by atoms with Crippen molar-refractivity contribution in [2.45, 2.75) is 33.8 Å². The molecule has 1 atom stereocenters. The summed E-state index contributed by atoms with van der Waals surface area (Å²) in [7, 11) is 0. The van der Waals surface area contributed by atoms with E-state index in [-0.39, 0.29) is 5.91 Å². The van der Waals surface area contributed by atoms with E-state index in [0.717, 1.165) is 21.2 Å². The predicted octanol–water partition coefficient (Wildman–Crippen LogP) is 4.29. The van der Waals surface area contributed by atoms with E-state index >= 15 is 0 Å². The maximum atomic E-state index is 12.1. The van der Waals surface area contributed by atoms with Gasteiger partial charge in [-0.3, -0.25) is 4.79 Å². The topological polar surface area (TPSA) is 50.7 Å². The van der Waals surface area contributed by atoms with Crippen LogP contribution in [0.15, 0.2) is 46.0 Å². The van der Waals surface area contributed by atoms with Gasteiger partial charge in [-0.25, -0.2) is 5.43 Å². The minimum absolute atomic E-state index is 0.301. The molecule has 0 fully saturated rings. The van der Waals surface area contributed by atoms with Gasteiger partial charge in [0.2, 0.25) is 0 Å². The van der Waals surface area contributed by atoms with Crippen molar-refractivity contribution >= 4 is 28.1 Å². The summed E-state index contributed by atoms with van der Waals surface area (Å²) < 4.78 is 6.44. The van der Waals surface area contributed by atoms with Gasteiger partial charge in [0.1, 0.15) is 5.75 Å². The predicted molar refractivity (Wildman–Crippen MR) is 101 cm³/mol. The highest BCUT2D eigenvalue weighted by molar-refractivity contribution is 9.10. The number of amides is 1. The van der Waals surface area contributed by atoms with Gasteiger partial charge in [0.15, 0.2) is 6.10 Å². The lowest BCUT2D eigenvalue weighted by atomic mass is 10.0. The molecule has 0 heterocycles. The van der Waals surface area contributed by atoms with Crippen LogP contribution in [0.5, 0.6) is 5.75 Å². The van der Waals surface area contributed by atoms with E-state index < -0.39 is 6.10 Å². The van der Waals surface area contributed by atoms with E-state index in [4.69, 9.17) is 4.74 Å². The fraction of sp³-hybridized carbons (Fsp3) is 0.263. The van der Waals surface area contributed by atoms with Crippen molar-refractivity contribution in [1.29, 1.82) is 0 Å². The lowest BCUT2D eigenvalue weighted by Gasteiger charge is -2.14. The molecule has 0 aliphatic carbocycles. The number of hydrogen-bond donors (Lipinski definition) is 1. The summed E-state index contributed by atoms with van der Waals surface area (Å²) in [5, 5.41) is 4.06. The largest absolute Gasteiger partial charge is 0.480 e. The molecule has 0 saturated heterocycles. The molecule has 0 aliphatic rings. The Balaban J connectivity index is 1.99. The van der Waals surface area contributed by atoms with E-state index in [1.165, 1.54) is 5.56 Å². The number of nitrogens with zero attached hydrogens (tertiary/aromatic N) is 1. The van der Waals surface area contributed by atoms with Gasteiger partial charge in [-0.15, -0.1) is 0 Å². The van der Waals surface area contributed by atoms with Crippen molar-refractivity contribution in [3.63, 3.8) is 0 Å². The first kappa shape index (κ1) is 18.2. The molecule has 0 radical (unpaired) electrons. The minimum Gasteiger partial charge on any atom is -0.480 e. The number of hydrogen-bond acceptors (Lipinski definition) is 3. The minimum atomic E-state index is -0.652. The van der Waals surface area contributed by atoms with Crippen molar-refractivity contribution in [1.82, 2.24) is 5.43 Å². The molecule has 5 heteroatoms. The van der Waals surface area contributed by atoms with Crippen LogP contribution in [0.25, 0.3) is 0 Å². The number of hydrazone groups is 1. The average Bonchev–Trinajstić information content (AvgIpc) is 2.51. The molecule has 126 valence electrons. The molecular formula is C19H21BrN2O2. The first-order valence-corrected chi connectivity index (χ1v) is 8.49. The van der Waals surface area contributed by atoms with Crippen molar-refractivity contribution in [3.8, 4) is 5.75 Å². The Hall–Kier alpha value is -2.14. The number of carbonyl (C=O) groups is 1. The molecule has 0 bridgehead atoms. The molecule has 0 aliphatic heterocycles. The van der Waals surface area contributed by atoms with Crippen molar-refractivity contribution in [3.05, 3.63) is 63.1 Å². The Kier molecular flexibility index (Phi) is 6.15. The zero-order valence-corrected chi connectivity index (χ0v) is 15.8. The summed E-state index contributed by atoms with van der Waals surface area (Å²) in [6.07, 6.45) is 1.02. The maximum Gasteiger partial charge on any atom is 0.280 e. The number of para-hydroxylation sites is 1. The summed E-state index contributed by atoms with van der Waals surface area (Å²) in [6.45, 7) is 7.81. The Morgan fingerprint density at radius 3 is 2.46 bits per heavy atom. The van der Waals surface area contributed by atoms with E-state index in [0.29, 0.717) is 5.75 Å². The Bertz CT molecular complexity index is 749. The molecule has 0 spiro atoms. The lowest BCUT2D eigenvalue weighted by Crippen LogP contribution is -2.33. The summed E-state index contributed by atoms with van der Waals surface area (Å²) >= 11 is 3.39. The molecule has 1 amide bonds. The van der Waals surface area contributed by atoms with Gasteiger partial charge in [-0.2, -0.15) is 5.10 Å². The molecule has 2 rings (SSSR count). The lowest BCUT2D eigenvalue weighted by molar-refractivity contribution is -0.127. The number of benzene rings is 2. The van der Waals surface area contributed by atoms with E-state index in [2.05, 4.69) is 45.5 Å². The van der Waals surface area contributed by atoms with E-state index in [1.807, 2.05) is 32.0 Å². The second-order valence-corrected chi connectivity index (χ2v) is 6.59. The zero-order valence-electron chi connectivity index (χ0n) is 14.3. The third kappa shape index (κ3) is 4.68. The standard InChI is InChI=1S/C19H21BrN2O2/c1-12-9-13(2)16(14(3)10-12)11-21-22-19(23)15(4)24-18-8-6-5-7-17(18)20/h5-11,15H,1-4H3,(H,22,23). The summed E-state index contributed by atoms with van der Waals surface area (Å²) in [5.41, 5.74) is 7.01. The van der Waals surface area contributed by atoms with Gasteiger partial charge < -0.3 is 4.74 Å². The molecule has 1 unspecified atom stereocenters. The molecular weight excluding hydrogens is 368 g/mol. The molecule has 2 aromatic rings. The van der Waals surface area contributed by atoms with Gasteiger partial charge in [0.25, 0.3) is 5.91 Å². The number of aryl methyl sites for hydroxylation is 3. The second-order valence-electron chi connectivity index (χ2n) is 5.74. The number of ether oxygens (including phenoxy) is 1. The Morgan fingerprint density at radius 2 is 1.83 bits per heavy atom. The molecule has 2 aromatic carbocycles. The quantitative estimate of drug-likeness (QED) is 0.613. The van der Waals surface area contributed by atoms with E-state index in [9.17, 15) is 4.79 Å². The van der Waals surface area contributed by atoms with Crippen LogP contribution in [0.3, 0.4) is 0 Å². The molecule has 1 N–H and O–H groups in total. The highest BCUT2D eigenvalue weighted by Gasteiger charge is 2.15. The third-order valence-electron chi connectivity index (χ3n) is 3.62. The summed E-state index contributed by atoms with van der Waals surface area (Å²) in [6, 6.07) is 11.6. The van der Waals surface area contributed by atoms with Crippen LogP contribution in [0, 0.1) is 20.8 Å². The number of rotatable bonds is 5. The van der Waals surface area contributed by atoms with Gasteiger partial charge in [-0.1, -0.05) is 29.8 Å². The molecule has 4 nitrogen and oxygen atoms in total. The van der Waals surface area contributed by atoms with Gasteiger partial charge in [-0.05, 0) is 66.9 Å². The van der Waals surface area contributed by atoms with Crippen LogP contribution in [-0.2, 0) is 4.79 Å². The SMILES string of the molecule is Cc1cc(C)c(C=NNC(=O)C(C)Oc2ccccc2Br)c(C)c1. The van der Waals surface area contributed by atoms with Crippen LogP contribution in [-0.4, -0.2) is 18.2 Å². The van der Waals surface area contributed by atoms with Crippen molar-refractivity contribution in [2.75, 3.05) is 0 Å². The monoisotopic (exact) mass is 388 g/mol. The maximum absolute atomic E-state index is 12.1. The van der Waals surface area contributed by atoms with Crippen LogP contribution in [0.4, 0.5) is 0 Å². The van der Waals surface area contributed by atoms with Gasteiger partial charge >= 0.3 is 0 Å². The normalized spacial score (nSPS) is 12.2. The molecule has 24 heavy (non-hydrogen) atoms. The highest BCUT2D eigenvalue weighted by Crippen LogP contribution is 2.24. The van der Waals surface area contributed by atoms with Crippen LogP contribution in [0.2, 0.25) is 0 Å². The average molecular weight is 389 g/mol. The fourth-order valence-electron chi connectivity index (χ4n) is 2.43. The summed E-state index contributed by atoms with van der Waals surface area (Å²) in [4.78, 5) is 12.1. The highest BCUT2D eigenvalue weighted by atomic mass is 79.9. The molecule has 0 saturated carbocycles. The first-order valence-electron chi connectivity index (χ1n) is 7.70.